The van der Waals surface area contributed by atoms with Crippen molar-refractivity contribution in [2.24, 2.45) is 5.10 Å². The van der Waals surface area contributed by atoms with Crippen LogP contribution >= 0.6 is 23.2 Å². The summed E-state index contributed by atoms with van der Waals surface area (Å²) in [5.41, 5.74) is 7.22. The first kappa shape index (κ1) is 19.2. The van der Waals surface area contributed by atoms with Crippen LogP contribution in [0.5, 0.6) is 0 Å². The van der Waals surface area contributed by atoms with Crippen LogP contribution in [0.2, 0.25) is 10.0 Å². The van der Waals surface area contributed by atoms with Crippen molar-refractivity contribution in [3.63, 3.8) is 0 Å². The standard InChI is InChI=1S/C22H18Cl2N2O/c1-15(27)18-9-7-16(8-10-18)11-20-21(23)12-19(13-22(20)24)26-25-14-17-5-3-2-4-6-17/h2-10,12-14,26H,11H2,1H3. The number of carbonyl (C=O) groups is 1. The molecule has 3 aromatic rings. The highest BCUT2D eigenvalue weighted by atomic mass is 35.5. The Morgan fingerprint density at radius 2 is 1.63 bits per heavy atom. The zero-order valence-electron chi connectivity index (χ0n) is 14.7. The molecule has 1 N–H and O–H groups in total. The molecule has 0 spiro atoms. The quantitative estimate of drug-likeness (QED) is 0.304. The number of nitrogens with one attached hydrogen (secondary N) is 1. The predicted molar refractivity (Wildman–Crippen MR) is 113 cm³/mol. The molecule has 0 fully saturated rings. The molecule has 0 aliphatic carbocycles. The number of benzene rings is 3. The van der Waals surface area contributed by atoms with E-state index >= 15 is 0 Å². The fraction of sp³-hybridized carbons (Fsp3) is 0.0909. The van der Waals surface area contributed by atoms with E-state index in [2.05, 4.69) is 10.5 Å². The molecule has 136 valence electrons. The lowest BCUT2D eigenvalue weighted by Crippen LogP contribution is -1.96. The molecule has 3 aromatic carbocycles. The molecule has 0 unspecified atom stereocenters. The summed E-state index contributed by atoms with van der Waals surface area (Å²) < 4.78 is 0. The molecule has 0 aliphatic rings. The molecular formula is C22H18Cl2N2O. The van der Waals surface area contributed by atoms with Crippen LogP contribution in [0.3, 0.4) is 0 Å². The average Bonchev–Trinajstić information content (AvgIpc) is 2.66. The highest BCUT2D eigenvalue weighted by Gasteiger charge is 2.10. The van der Waals surface area contributed by atoms with Crippen molar-refractivity contribution in [1.82, 2.24) is 0 Å². The lowest BCUT2D eigenvalue weighted by atomic mass is 10.0. The van der Waals surface area contributed by atoms with E-state index in [0.717, 1.165) is 16.7 Å². The SMILES string of the molecule is CC(=O)c1ccc(Cc2c(Cl)cc(NN=Cc3ccccc3)cc2Cl)cc1. The van der Waals surface area contributed by atoms with E-state index in [1.54, 1.807) is 25.3 Å². The predicted octanol–water partition coefficient (Wildman–Crippen LogP) is 6.23. The van der Waals surface area contributed by atoms with E-state index in [1.165, 1.54) is 0 Å². The minimum Gasteiger partial charge on any atom is -0.295 e. The topological polar surface area (TPSA) is 41.5 Å². The maximum Gasteiger partial charge on any atom is 0.159 e. The number of hydrazone groups is 1. The second-order valence-corrected chi connectivity index (χ2v) is 6.94. The molecule has 3 rings (SSSR count). The van der Waals surface area contributed by atoms with Gasteiger partial charge in [0.2, 0.25) is 0 Å². The van der Waals surface area contributed by atoms with Gasteiger partial charge in [-0.15, -0.1) is 0 Å². The van der Waals surface area contributed by atoms with Gasteiger partial charge in [-0.05, 0) is 35.7 Å². The second-order valence-electron chi connectivity index (χ2n) is 6.13. The molecule has 0 aromatic heterocycles. The summed E-state index contributed by atoms with van der Waals surface area (Å²) in [6, 6.07) is 20.8. The summed E-state index contributed by atoms with van der Waals surface area (Å²) in [5.74, 6) is 0.0455. The van der Waals surface area contributed by atoms with Crippen molar-refractivity contribution >= 4 is 40.9 Å². The van der Waals surface area contributed by atoms with E-state index < -0.39 is 0 Å². The zero-order chi connectivity index (χ0) is 19.2. The number of nitrogens with zero attached hydrogens (tertiary/aromatic N) is 1. The Balaban J connectivity index is 1.72. The van der Waals surface area contributed by atoms with Crippen LogP contribution in [-0.2, 0) is 6.42 Å². The Morgan fingerprint density at radius 3 is 2.22 bits per heavy atom. The number of anilines is 1. The molecule has 0 bridgehead atoms. The smallest absolute Gasteiger partial charge is 0.159 e. The Hall–Kier alpha value is -2.62. The van der Waals surface area contributed by atoms with Gasteiger partial charge in [0.15, 0.2) is 5.78 Å². The maximum absolute atomic E-state index is 11.4. The zero-order valence-corrected chi connectivity index (χ0v) is 16.3. The van der Waals surface area contributed by atoms with E-state index in [4.69, 9.17) is 23.2 Å². The van der Waals surface area contributed by atoms with Crippen molar-refractivity contribution in [3.8, 4) is 0 Å². The largest absolute Gasteiger partial charge is 0.295 e. The lowest BCUT2D eigenvalue weighted by Gasteiger charge is -2.10. The normalized spacial score (nSPS) is 10.9. The van der Waals surface area contributed by atoms with Crippen LogP contribution < -0.4 is 5.43 Å². The molecule has 3 nitrogen and oxygen atoms in total. The molecule has 0 aliphatic heterocycles. The van der Waals surface area contributed by atoms with Gasteiger partial charge in [0.05, 0.1) is 11.9 Å². The molecule has 27 heavy (non-hydrogen) atoms. The van der Waals surface area contributed by atoms with Crippen molar-refractivity contribution in [2.45, 2.75) is 13.3 Å². The van der Waals surface area contributed by atoms with E-state index in [1.807, 2.05) is 54.6 Å². The Morgan fingerprint density at radius 1 is 1.00 bits per heavy atom. The first-order valence-corrected chi connectivity index (χ1v) is 9.20. The molecule has 0 radical (unpaired) electrons. The van der Waals surface area contributed by atoms with Crippen molar-refractivity contribution in [3.05, 3.63) is 99.0 Å². The molecular weight excluding hydrogens is 379 g/mol. The van der Waals surface area contributed by atoms with Crippen LogP contribution in [-0.4, -0.2) is 12.0 Å². The number of Topliss-reactive ketones (excluding diaryl/α,β-unsaturated/α-hetero) is 1. The fourth-order valence-corrected chi connectivity index (χ4v) is 3.24. The van der Waals surface area contributed by atoms with E-state index in [-0.39, 0.29) is 5.78 Å². The average molecular weight is 397 g/mol. The molecule has 0 saturated heterocycles. The van der Waals surface area contributed by atoms with Crippen LogP contribution in [0.4, 0.5) is 5.69 Å². The van der Waals surface area contributed by atoms with E-state index in [9.17, 15) is 4.79 Å². The monoisotopic (exact) mass is 396 g/mol. The number of rotatable bonds is 6. The second kappa shape index (κ2) is 8.85. The number of halogens is 2. The van der Waals surface area contributed by atoms with Crippen molar-refractivity contribution in [2.75, 3.05) is 5.43 Å². The number of ketones is 1. The van der Waals surface area contributed by atoms with Gasteiger partial charge in [-0.1, -0.05) is 77.8 Å². The number of hydrogen-bond donors (Lipinski definition) is 1. The summed E-state index contributed by atoms with van der Waals surface area (Å²) in [6.45, 7) is 1.55. The summed E-state index contributed by atoms with van der Waals surface area (Å²) in [6.07, 6.45) is 2.32. The summed E-state index contributed by atoms with van der Waals surface area (Å²) in [7, 11) is 0. The van der Waals surface area contributed by atoms with Gasteiger partial charge in [0, 0.05) is 22.0 Å². The third kappa shape index (κ3) is 5.19. The van der Waals surface area contributed by atoms with Crippen molar-refractivity contribution in [1.29, 1.82) is 0 Å². The Bertz CT molecular complexity index is 944. The summed E-state index contributed by atoms with van der Waals surface area (Å²) >= 11 is 12.9. The summed E-state index contributed by atoms with van der Waals surface area (Å²) in [4.78, 5) is 11.4. The number of hydrogen-bond acceptors (Lipinski definition) is 3. The van der Waals surface area contributed by atoms with Gasteiger partial charge in [-0.25, -0.2) is 0 Å². The van der Waals surface area contributed by atoms with Gasteiger partial charge in [-0.2, -0.15) is 5.10 Å². The Kier molecular flexibility index (Phi) is 6.28. The van der Waals surface area contributed by atoms with Gasteiger partial charge >= 0.3 is 0 Å². The van der Waals surface area contributed by atoms with E-state index in [0.29, 0.717) is 27.7 Å². The fourth-order valence-electron chi connectivity index (χ4n) is 2.62. The maximum atomic E-state index is 11.4. The minimum atomic E-state index is 0.0455. The first-order valence-electron chi connectivity index (χ1n) is 8.45. The first-order chi connectivity index (χ1) is 13.0. The van der Waals surface area contributed by atoms with Crippen LogP contribution in [0, 0.1) is 0 Å². The minimum absolute atomic E-state index is 0.0455. The van der Waals surface area contributed by atoms with Crippen LogP contribution in [0.15, 0.2) is 71.8 Å². The number of carbonyl (C=O) groups excluding carboxylic acids is 1. The van der Waals surface area contributed by atoms with Gasteiger partial charge < -0.3 is 0 Å². The third-order valence-electron chi connectivity index (χ3n) is 4.09. The molecule has 0 amide bonds. The highest BCUT2D eigenvalue weighted by Crippen LogP contribution is 2.31. The van der Waals surface area contributed by atoms with Gasteiger partial charge in [0.25, 0.3) is 0 Å². The van der Waals surface area contributed by atoms with Crippen LogP contribution in [0.25, 0.3) is 0 Å². The van der Waals surface area contributed by atoms with Gasteiger partial charge in [-0.3, -0.25) is 10.2 Å². The molecule has 0 atom stereocenters. The Labute approximate surface area is 168 Å². The van der Waals surface area contributed by atoms with Crippen molar-refractivity contribution < 1.29 is 4.79 Å². The molecule has 0 heterocycles. The molecule has 5 heteroatoms. The third-order valence-corrected chi connectivity index (χ3v) is 4.76. The highest BCUT2D eigenvalue weighted by molar-refractivity contribution is 6.36. The molecule has 0 saturated carbocycles. The lowest BCUT2D eigenvalue weighted by molar-refractivity contribution is 0.101. The van der Waals surface area contributed by atoms with Gasteiger partial charge in [0.1, 0.15) is 0 Å². The summed E-state index contributed by atoms with van der Waals surface area (Å²) in [5, 5.41) is 5.34. The van der Waals surface area contributed by atoms with Crippen LogP contribution in [0.1, 0.15) is 34.0 Å².